The van der Waals surface area contributed by atoms with Crippen LogP contribution < -0.4 is 10.6 Å². The number of carbonyl (C=O) groups is 1. The average Bonchev–Trinajstić information content (AvgIpc) is 2.73. The van der Waals surface area contributed by atoms with E-state index in [1.807, 2.05) is 30.3 Å². The number of nitro groups is 1. The molecule has 1 fully saturated rings. The van der Waals surface area contributed by atoms with Crippen molar-refractivity contribution in [3.05, 3.63) is 64.2 Å². The Labute approximate surface area is 170 Å². The van der Waals surface area contributed by atoms with Crippen LogP contribution in [-0.2, 0) is 4.74 Å². The molecule has 8 nitrogen and oxygen atoms in total. The van der Waals surface area contributed by atoms with Crippen LogP contribution in [0.4, 0.5) is 17.1 Å². The Kier molecular flexibility index (Phi) is 6.46. The number of anilines is 2. The molecule has 0 saturated carbocycles. The molecule has 1 aliphatic rings. The lowest BCUT2D eigenvalue weighted by Gasteiger charge is -2.40. The topological polar surface area (TPSA) is 96.7 Å². The maximum atomic E-state index is 12.6. The first-order chi connectivity index (χ1) is 13.9. The summed E-state index contributed by atoms with van der Waals surface area (Å²) in [6.07, 6.45) is 0. The Morgan fingerprint density at radius 3 is 2.52 bits per heavy atom. The first-order valence-electron chi connectivity index (χ1n) is 9.58. The van der Waals surface area contributed by atoms with Crippen LogP contribution in [0, 0.1) is 10.1 Å². The van der Waals surface area contributed by atoms with Crippen LogP contribution >= 0.6 is 0 Å². The number of amides is 1. The van der Waals surface area contributed by atoms with Gasteiger partial charge in [-0.25, -0.2) is 0 Å². The predicted molar refractivity (Wildman–Crippen MR) is 112 cm³/mol. The van der Waals surface area contributed by atoms with Gasteiger partial charge in [-0.1, -0.05) is 18.2 Å². The number of carbonyl (C=O) groups excluding carboxylic acids is 1. The molecular formula is C21H26N4O4. The molecule has 2 aromatic carbocycles. The average molecular weight is 398 g/mol. The zero-order valence-corrected chi connectivity index (χ0v) is 16.7. The number of hydrogen-bond donors (Lipinski definition) is 2. The number of nitrogens with zero attached hydrogens (tertiary/aromatic N) is 2. The lowest BCUT2D eigenvalue weighted by Crippen LogP contribution is -2.55. The molecule has 0 aliphatic carbocycles. The lowest BCUT2D eigenvalue weighted by molar-refractivity contribution is -0.383. The van der Waals surface area contributed by atoms with Crippen LogP contribution in [0.5, 0.6) is 0 Å². The normalized spacial score (nSPS) is 15.0. The molecular weight excluding hydrogens is 372 g/mol. The Morgan fingerprint density at radius 1 is 1.17 bits per heavy atom. The molecule has 1 aliphatic heterocycles. The van der Waals surface area contributed by atoms with Crippen LogP contribution in [0.2, 0.25) is 0 Å². The zero-order chi connectivity index (χ0) is 20.9. The van der Waals surface area contributed by atoms with Gasteiger partial charge >= 0.3 is 0 Å². The second-order valence-corrected chi connectivity index (χ2v) is 7.57. The molecule has 0 unspecified atom stereocenters. The Morgan fingerprint density at radius 2 is 1.86 bits per heavy atom. The van der Waals surface area contributed by atoms with Gasteiger partial charge < -0.3 is 15.4 Å². The van der Waals surface area contributed by atoms with E-state index in [9.17, 15) is 14.9 Å². The van der Waals surface area contributed by atoms with E-state index in [2.05, 4.69) is 29.4 Å². The van der Waals surface area contributed by atoms with Crippen molar-refractivity contribution in [3.8, 4) is 0 Å². The smallest absolute Gasteiger partial charge is 0.293 e. The van der Waals surface area contributed by atoms with Gasteiger partial charge in [-0.15, -0.1) is 0 Å². The number of morpholine rings is 1. The molecule has 0 radical (unpaired) electrons. The van der Waals surface area contributed by atoms with Gasteiger partial charge in [-0.3, -0.25) is 19.8 Å². The fourth-order valence-corrected chi connectivity index (χ4v) is 3.29. The van der Waals surface area contributed by atoms with E-state index in [-0.39, 0.29) is 22.7 Å². The SMILES string of the molecule is CC(C)(CNC(=O)c1ccc(Nc2ccccc2)c([N+](=O)[O-])c1)N1CCOCC1. The molecule has 1 amide bonds. The van der Waals surface area contributed by atoms with Crippen molar-refractivity contribution in [1.82, 2.24) is 10.2 Å². The fraction of sp³-hybridized carbons (Fsp3) is 0.381. The summed E-state index contributed by atoms with van der Waals surface area (Å²) in [4.78, 5) is 25.9. The first-order valence-corrected chi connectivity index (χ1v) is 9.58. The molecule has 1 heterocycles. The van der Waals surface area contributed by atoms with Gasteiger partial charge in [0, 0.05) is 42.5 Å². The third kappa shape index (κ3) is 5.30. The molecule has 2 N–H and O–H groups in total. The number of nitrogens with one attached hydrogen (secondary N) is 2. The first kappa shape index (κ1) is 20.8. The van der Waals surface area contributed by atoms with E-state index in [0.717, 1.165) is 18.8 Å². The number of hydrogen-bond acceptors (Lipinski definition) is 6. The lowest BCUT2D eigenvalue weighted by atomic mass is 10.0. The van der Waals surface area contributed by atoms with Gasteiger partial charge in [0.2, 0.25) is 0 Å². The van der Waals surface area contributed by atoms with Crippen molar-refractivity contribution in [2.45, 2.75) is 19.4 Å². The van der Waals surface area contributed by atoms with Gasteiger partial charge in [0.05, 0.1) is 18.1 Å². The molecule has 0 atom stereocenters. The van der Waals surface area contributed by atoms with Crippen molar-refractivity contribution in [2.75, 3.05) is 38.2 Å². The second-order valence-electron chi connectivity index (χ2n) is 7.57. The number of nitro benzene ring substituents is 1. The highest BCUT2D eigenvalue weighted by atomic mass is 16.6. The highest BCUT2D eigenvalue weighted by Gasteiger charge is 2.29. The minimum absolute atomic E-state index is 0.144. The maximum absolute atomic E-state index is 12.6. The molecule has 3 rings (SSSR count). The molecule has 0 spiro atoms. The van der Waals surface area contributed by atoms with E-state index in [1.54, 1.807) is 12.1 Å². The molecule has 8 heteroatoms. The van der Waals surface area contributed by atoms with Crippen LogP contribution in [0.25, 0.3) is 0 Å². The maximum Gasteiger partial charge on any atom is 0.293 e. The summed E-state index contributed by atoms with van der Waals surface area (Å²) < 4.78 is 5.38. The summed E-state index contributed by atoms with van der Waals surface area (Å²) in [5.41, 5.74) is 0.952. The summed E-state index contributed by atoms with van der Waals surface area (Å²) >= 11 is 0. The predicted octanol–water partition coefficient (Wildman–Crippen LogP) is 3.18. The molecule has 29 heavy (non-hydrogen) atoms. The van der Waals surface area contributed by atoms with Crippen LogP contribution in [-0.4, -0.2) is 54.1 Å². The summed E-state index contributed by atoms with van der Waals surface area (Å²) in [7, 11) is 0. The van der Waals surface area contributed by atoms with Gasteiger partial charge in [0.15, 0.2) is 0 Å². The summed E-state index contributed by atoms with van der Waals surface area (Å²) in [6.45, 7) is 7.55. The molecule has 2 aromatic rings. The minimum Gasteiger partial charge on any atom is -0.379 e. The Balaban J connectivity index is 1.70. The van der Waals surface area contributed by atoms with Gasteiger partial charge in [0.1, 0.15) is 5.69 Å². The van der Waals surface area contributed by atoms with E-state index < -0.39 is 4.92 Å². The van der Waals surface area contributed by atoms with Crippen molar-refractivity contribution in [1.29, 1.82) is 0 Å². The van der Waals surface area contributed by atoms with Crippen molar-refractivity contribution in [3.63, 3.8) is 0 Å². The van der Waals surface area contributed by atoms with E-state index in [0.29, 0.717) is 25.4 Å². The second kappa shape index (κ2) is 9.02. The van der Waals surface area contributed by atoms with Crippen molar-refractivity contribution >= 4 is 23.0 Å². The highest BCUT2D eigenvalue weighted by molar-refractivity contribution is 5.96. The quantitative estimate of drug-likeness (QED) is 0.549. The van der Waals surface area contributed by atoms with Crippen LogP contribution in [0.15, 0.2) is 48.5 Å². The monoisotopic (exact) mass is 398 g/mol. The number of para-hydroxylation sites is 1. The molecule has 0 aromatic heterocycles. The summed E-state index contributed by atoms with van der Waals surface area (Å²) in [5.74, 6) is -0.333. The van der Waals surface area contributed by atoms with E-state index >= 15 is 0 Å². The standard InChI is InChI=1S/C21H26N4O4/c1-21(2,24-10-12-29-13-11-24)15-22-20(26)16-8-9-18(19(14-16)25(27)28)23-17-6-4-3-5-7-17/h3-9,14,23H,10-13,15H2,1-2H3,(H,22,26). The largest absolute Gasteiger partial charge is 0.379 e. The molecule has 1 saturated heterocycles. The van der Waals surface area contributed by atoms with Crippen LogP contribution in [0.1, 0.15) is 24.2 Å². The number of ether oxygens (including phenoxy) is 1. The van der Waals surface area contributed by atoms with E-state index in [4.69, 9.17) is 4.74 Å². The van der Waals surface area contributed by atoms with Gasteiger partial charge in [-0.05, 0) is 38.1 Å². The van der Waals surface area contributed by atoms with Gasteiger partial charge in [-0.2, -0.15) is 0 Å². The van der Waals surface area contributed by atoms with E-state index in [1.165, 1.54) is 6.07 Å². The Hall–Kier alpha value is -2.97. The number of rotatable bonds is 7. The third-order valence-electron chi connectivity index (χ3n) is 5.06. The fourth-order valence-electron chi connectivity index (χ4n) is 3.29. The highest BCUT2D eigenvalue weighted by Crippen LogP contribution is 2.28. The number of benzene rings is 2. The molecule has 154 valence electrons. The minimum atomic E-state index is -0.486. The summed E-state index contributed by atoms with van der Waals surface area (Å²) in [5, 5.41) is 17.5. The molecule has 0 bridgehead atoms. The van der Waals surface area contributed by atoms with Gasteiger partial charge in [0.25, 0.3) is 11.6 Å². The zero-order valence-electron chi connectivity index (χ0n) is 16.7. The van der Waals surface area contributed by atoms with Crippen LogP contribution in [0.3, 0.4) is 0 Å². The van der Waals surface area contributed by atoms with Crippen molar-refractivity contribution < 1.29 is 14.5 Å². The Bertz CT molecular complexity index is 864. The van der Waals surface area contributed by atoms with Crippen molar-refractivity contribution in [2.24, 2.45) is 0 Å². The third-order valence-corrected chi connectivity index (χ3v) is 5.06. The summed E-state index contributed by atoms with van der Waals surface area (Å²) in [6, 6.07) is 13.6.